The number of halogens is 2. The first kappa shape index (κ1) is 20.3. The van der Waals surface area contributed by atoms with Crippen LogP contribution in [0, 0.1) is 6.92 Å². The van der Waals surface area contributed by atoms with Gasteiger partial charge in [-0.3, -0.25) is 4.79 Å². The fourth-order valence-corrected chi connectivity index (χ4v) is 3.35. The highest BCUT2D eigenvalue weighted by Crippen LogP contribution is 2.30. The summed E-state index contributed by atoms with van der Waals surface area (Å²) >= 11 is 0. The van der Waals surface area contributed by atoms with Gasteiger partial charge in [0.15, 0.2) is 0 Å². The predicted molar refractivity (Wildman–Crippen MR) is 115 cm³/mol. The Labute approximate surface area is 177 Å². The molecule has 0 radical (unpaired) electrons. The number of nitrogens with zero attached hydrogens (tertiary/aromatic N) is 2. The number of anilines is 1. The molecule has 7 heteroatoms. The number of amides is 1. The second-order valence-electron chi connectivity index (χ2n) is 6.75. The smallest absolute Gasteiger partial charge is 0.387 e. The van der Waals surface area contributed by atoms with Gasteiger partial charge in [-0.05, 0) is 31.2 Å². The zero-order valence-corrected chi connectivity index (χ0v) is 16.6. The quantitative estimate of drug-likeness (QED) is 0.436. The first-order valence-corrected chi connectivity index (χ1v) is 9.60. The Kier molecular flexibility index (Phi) is 5.75. The lowest BCUT2D eigenvalue weighted by molar-refractivity contribution is -0.0493. The molecular formula is C24H19F2N3O2. The molecule has 0 saturated heterocycles. The lowest BCUT2D eigenvalue weighted by Crippen LogP contribution is -2.15. The maximum atomic E-state index is 13.3. The number of para-hydroxylation sites is 3. The largest absolute Gasteiger partial charge is 0.433 e. The van der Waals surface area contributed by atoms with Gasteiger partial charge in [0.05, 0.1) is 22.6 Å². The molecule has 156 valence electrons. The van der Waals surface area contributed by atoms with Crippen molar-refractivity contribution in [3.05, 3.63) is 96.2 Å². The lowest BCUT2D eigenvalue weighted by atomic mass is 10.1. The summed E-state index contributed by atoms with van der Waals surface area (Å²) in [6.07, 6.45) is 0. The van der Waals surface area contributed by atoms with E-state index in [0.29, 0.717) is 17.0 Å². The van der Waals surface area contributed by atoms with Crippen molar-refractivity contribution in [2.45, 2.75) is 13.5 Å². The number of hydrogen-bond donors (Lipinski definition) is 1. The van der Waals surface area contributed by atoms with E-state index in [1.165, 1.54) is 12.1 Å². The molecule has 0 bridgehead atoms. The van der Waals surface area contributed by atoms with Gasteiger partial charge in [-0.1, -0.05) is 60.7 Å². The zero-order chi connectivity index (χ0) is 21.8. The Balaban J connectivity index is 1.79. The second kappa shape index (κ2) is 8.79. The summed E-state index contributed by atoms with van der Waals surface area (Å²) in [4.78, 5) is 13.3. The van der Waals surface area contributed by atoms with Crippen molar-refractivity contribution in [3.8, 4) is 22.7 Å². The molecule has 1 aromatic heterocycles. The number of alkyl halides is 2. The SMILES string of the molecule is Cc1c(C(=O)Nc2ccccc2OC(F)F)c(-c2ccccc2)nn1-c1ccccc1. The molecule has 1 heterocycles. The van der Waals surface area contributed by atoms with Crippen LogP contribution in [-0.2, 0) is 0 Å². The predicted octanol–water partition coefficient (Wildman–Crippen LogP) is 5.70. The van der Waals surface area contributed by atoms with Crippen LogP contribution < -0.4 is 10.1 Å². The average Bonchev–Trinajstić information content (AvgIpc) is 3.13. The Morgan fingerprint density at radius 1 is 0.935 bits per heavy atom. The Morgan fingerprint density at radius 2 is 1.55 bits per heavy atom. The summed E-state index contributed by atoms with van der Waals surface area (Å²) < 4.78 is 31.7. The Bertz CT molecular complexity index is 1190. The lowest BCUT2D eigenvalue weighted by Gasteiger charge is -2.12. The van der Waals surface area contributed by atoms with Gasteiger partial charge in [0.25, 0.3) is 5.91 Å². The monoisotopic (exact) mass is 419 g/mol. The normalized spacial score (nSPS) is 10.8. The molecule has 0 aliphatic carbocycles. The first-order chi connectivity index (χ1) is 15.0. The van der Waals surface area contributed by atoms with Crippen LogP contribution in [-0.4, -0.2) is 22.3 Å². The van der Waals surface area contributed by atoms with Crippen molar-refractivity contribution in [2.75, 3.05) is 5.32 Å². The van der Waals surface area contributed by atoms with Crippen molar-refractivity contribution in [3.63, 3.8) is 0 Å². The minimum Gasteiger partial charge on any atom is -0.433 e. The highest BCUT2D eigenvalue weighted by Gasteiger charge is 2.24. The molecular weight excluding hydrogens is 400 g/mol. The molecule has 0 unspecified atom stereocenters. The number of hydrogen-bond acceptors (Lipinski definition) is 3. The molecule has 1 N–H and O–H groups in total. The Hall–Kier alpha value is -4.00. The molecule has 0 spiro atoms. The first-order valence-electron chi connectivity index (χ1n) is 9.60. The number of aromatic nitrogens is 2. The number of nitrogens with one attached hydrogen (secondary N) is 1. The molecule has 0 aliphatic heterocycles. The van der Waals surface area contributed by atoms with Gasteiger partial charge in [-0.25, -0.2) is 4.68 Å². The maximum absolute atomic E-state index is 13.3. The van der Waals surface area contributed by atoms with Crippen LogP contribution in [0.3, 0.4) is 0 Å². The van der Waals surface area contributed by atoms with E-state index in [4.69, 9.17) is 0 Å². The van der Waals surface area contributed by atoms with E-state index in [-0.39, 0.29) is 11.4 Å². The minimum atomic E-state index is -3.00. The maximum Gasteiger partial charge on any atom is 0.387 e. The van der Waals surface area contributed by atoms with E-state index < -0.39 is 12.5 Å². The van der Waals surface area contributed by atoms with Gasteiger partial charge in [-0.2, -0.15) is 13.9 Å². The fraction of sp³-hybridized carbons (Fsp3) is 0.0833. The fourth-order valence-electron chi connectivity index (χ4n) is 3.35. The summed E-state index contributed by atoms with van der Waals surface area (Å²) in [5.41, 5.74) is 3.18. The molecule has 0 saturated carbocycles. The minimum absolute atomic E-state index is 0.111. The number of rotatable bonds is 6. The van der Waals surface area contributed by atoms with Gasteiger partial charge in [0.2, 0.25) is 0 Å². The molecule has 5 nitrogen and oxygen atoms in total. The van der Waals surface area contributed by atoms with Crippen molar-refractivity contribution in [1.82, 2.24) is 9.78 Å². The molecule has 1 amide bonds. The van der Waals surface area contributed by atoms with Crippen LogP contribution in [0.2, 0.25) is 0 Å². The van der Waals surface area contributed by atoms with E-state index in [1.54, 1.807) is 23.7 Å². The summed E-state index contributed by atoms with van der Waals surface area (Å²) in [5.74, 6) is -0.580. The number of carbonyl (C=O) groups excluding carboxylic acids is 1. The summed E-state index contributed by atoms with van der Waals surface area (Å²) in [7, 11) is 0. The average molecular weight is 419 g/mol. The van der Waals surface area contributed by atoms with Gasteiger partial charge >= 0.3 is 6.61 Å². The number of carbonyl (C=O) groups is 1. The van der Waals surface area contributed by atoms with Crippen molar-refractivity contribution in [1.29, 1.82) is 0 Å². The van der Waals surface area contributed by atoms with Gasteiger partial charge in [0, 0.05) is 5.56 Å². The summed E-state index contributed by atoms with van der Waals surface area (Å²) in [6, 6.07) is 24.8. The Morgan fingerprint density at radius 3 is 2.23 bits per heavy atom. The van der Waals surface area contributed by atoms with Crippen LogP contribution in [0.1, 0.15) is 16.1 Å². The number of ether oxygens (including phenoxy) is 1. The molecule has 4 rings (SSSR count). The van der Waals surface area contributed by atoms with E-state index in [0.717, 1.165) is 11.3 Å². The van der Waals surface area contributed by atoms with Crippen LogP contribution >= 0.6 is 0 Å². The zero-order valence-electron chi connectivity index (χ0n) is 16.6. The van der Waals surface area contributed by atoms with E-state index in [9.17, 15) is 13.6 Å². The van der Waals surface area contributed by atoms with Gasteiger partial charge in [0.1, 0.15) is 11.4 Å². The van der Waals surface area contributed by atoms with Crippen molar-refractivity contribution >= 4 is 11.6 Å². The third kappa shape index (κ3) is 4.30. The molecule has 31 heavy (non-hydrogen) atoms. The van der Waals surface area contributed by atoms with Crippen LogP contribution in [0.25, 0.3) is 16.9 Å². The standard InChI is InChI=1S/C24H19F2N3O2/c1-16-21(23(30)27-19-14-8-9-15-20(19)31-24(25)26)22(17-10-4-2-5-11-17)28-29(16)18-12-6-3-7-13-18/h2-15,24H,1H3,(H,27,30). The van der Waals surface area contributed by atoms with E-state index >= 15 is 0 Å². The summed E-state index contributed by atoms with van der Waals surface area (Å²) in [6.45, 7) is -1.20. The van der Waals surface area contributed by atoms with Crippen molar-refractivity contribution in [2.24, 2.45) is 0 Å². The molecule has 0 fully saturated rings. The van der Waals surface area contributed by atoms with E-state index in [1.807, 2.05) is 60.7 Å². The van der Waals surface area contributed by atoms with Crippen LogP contribution in [0.4, 0.5) is 14.5 Å². The van der Waals surface area contributed by atoms with Crippen LogP contribution in [0.15, 0.2) is 84.9 Å². The van der Waals surface area contributed by atoms with Gasteiger partial charge < -0.3 is 10.1 Å². The molecule has 0 aliphatic rings. The van der Waals surface area contributed by atoms with Crippen molar-refractivity contribution < 1.29 is 18.3 Å². The summed E-state index contributed by atoms with van der Waals surface area (Å²) in [5, 5.41) is 7.39. The molecule has 3 aromatic carbocycles. The highest BCUT2D eigenvalue weighted by atomic mass is 19.3. The second-order valence-corrected chi connectivity index (χ2v) is 6.75. The number of benzene rings is 3. The van der Waals surface area contributed by atoms with E-state index in [2.05, 4.69) is 15.2 Å². The molecule has 4 aromatic rings. The van der Waals surface area contributed by atoms with Crippen LogP contribution in [0.5, 0.6) is 5.75 Å². The highest BCUT2D eigenvalue weighted by molar-refractivity contribution is 6.09. The topological polar surface area (TPSA) is 56.1 Å². The third-order valence-electron chi connectivity index (χ3n) is 4.74. The third-order valence-corrected chi connectivity index (χ3v) is 4.74. The van der Waals surface area contributed by atoms with Gasteiger partial charge in [-0.15, -0.1) is 0 Å². The molecule has 0 atom stereocenters.